The second-order valence-electron chi connectivity index (χ2n) is 7.95. The summed E-state index contributed by atoms with van der Waals surface area (Å²) in [6.07, 6.45) is 3.71. The van der Waals surface area contributed by atoms with Crippen molar-refractivity contribution < 1.29 is 19.4 Å². The fraction of sp³-hybridized carbons (Fsp3) is 0.292. The highest BCUT2D eigenvalue weighted by atomic mass is 16.5. The molecule has 2 N–H and O–H groups in total. The molecule has 160 valence electrons. The van der Waals surface area contributed by atoms with Gasteiger partial charge in [-0.3, -0.25) is 9.48 Å². The maximum absolute atomic E-state index is 12.6. The zero-order chi connectivity index (χ0) is 22.0. The number of carbonyl (C=O) groups excluding carboxylic acids is 1. The lowest BCUT2D eigenvalue weighted by Gasteiger charge is -2.26. The van der Waals surface area contributed by atoms with E-state index in [0.29, 0.717) is 17.4 Å². The molecule has 31 heavy (non-hydrogen) atoms. The van der Waals surface area contributed by atoms with Gasteiger partial charge in [-0.1, -0.05) is 24.3 Å². The number of amides is 1. The fourth-order valence-electron chi connectivity index (χ4n) is 3.55. The number of benzene rings is 2. The predicted molar refractivity (Wildman–Crippen MR) is 115 cm³/mol. The van der Waals surface area contributed by atoms with Gasteiger partial charge in [0.25, 0.3) is 5.91 Å². The summed E-state index contributed by atoms with van der Waals surface area (Å²) in [6, 6.07) is 15.9. The average molecular weight is 419 g/mol. The van der Waals surface area contributed by atoms with Gasteiger partial charge in [-0.15, -0.1) is 0 Å². The van der Waals surface area contributed by atoms with E-state index < -0.39 is 12.1 Å². The quantitative estimate of drug-likeness (QED) is 0.577. The van der Waals surface area contributed by atoms with Crippen molar-refractivity contribution in [2.24, 2.45) is 7.05 Å². The zero-order valence-electron chi connectivity index (χ0n) is 17.5. The second kappa shape index (κ2) is 8.63. The Kier molecular flexibility index (Phi) is 5.75. The Morgan fingerprint density at radius 1 is 1.10 bits per heavy atom. The minimum Gasteiger partial charge on any atom is -0.484 e. The van der Waals surface area contributed by atoms with E-state index in [1.807, 2.05) is 19.1 Å². The number of aryl methyl sites for hydroxylation is 1. The van der Waals surface area contributed by atoms with Crippen LogP contribution in [0.25, 0.3) is 0 Å². The molecule has 0 aliphatic heterocycles. The van der Waals surface area contributed by atoms with Gasteiger partial charge < -0.3 is 15.2 Å². The van der Waals surface area contributed by atoms with Crippen LogP contribution in [0.2, 0.25) is 0 Å². The minimum atomic E-state index is -0.991. The third-order valence-corrected chi connectivity index (χ3v) is 5.44. The van der Waals surface area contributed by atoms with Crippen LogP contribution in [0, 0.1) is 0 Å². The molecular formula is C24H25N3O4. The summed E-state index contributed by atoms with van der Waals surface area (Å²) in [5.74, 6) is -0.0919. The third kappa shape index (κ3) is 4.94. The van der Waals surface area contributed by atoms with Crippen LogP contribution in [-0.2, 0) is 7.05 Å². The van der Waals surface area contributed by atoms with Crippen LogP contribution in [0.3, 0.4) is 0 Å². The van der Waals surface area contributed by atoms with Gasteiger partial charge in [0.1, 0.15) is 17.5 Å². The van der Waals surface area contributed by atoms with Gasteiger partial charge in [0.05, 0.1) is 11.6 Å². The van der Waals surface area contributed by atoms with Gasteiger partial charge in [0, 0.05) is 13.2 Å². The van der Waals surface area contributed by atoms with Crippen molar-refractivity contribution in [2.75, 3.05) is 0 Å². The van der Waals surface area contributed by atoms with Crippen LogP contribution < -0.4 is 10.1 Å². The Morgan fingerprint density at radius 2 is 1.77 bits per heavy atom. The molecule has 1 fully saturated rings. The van der Waals surface area contributed by atoms with Crippen LogP contribution in [0.15, 0.2) is 60.8 Å². The zero-order valence-corrected chi connectivity index (χ0v) is 17.5. The van der Waals surface area contributed by atoms with Crippen molar-refractivity contribution in [3.05, 3.63) is 83.2 Å². The number of ether oxygens (including phenoxy) is 1. The first-order chi connectivity index (χ1) is 14.9. The number of aromatic carboxylic acids is 1. The van der Waals surface area contributed by atoms with Crippen molar-refractivity contribution in [2.45, 2.75) is 37.8 Å². The molecule has 1 heterocycles. The topological polar surface area (TPSA) is 93.5 Å². The standard InChI is InChI=1S/C24H25N3O4/c1-15(25-23(28)21-13-14-27(2)26-21)22(18-7-5-17(6-8-18)16-3-4-16)31-20-11-9-19(10-12-20)24(29)30/h5-16,22H,3-4H2,1-2H3,(H,25,28)(H,29,30)/t15-,22-/m0/s1. The Labute approximate surface area is 180 Å². The average Bonchev–Trinajstić information content (AvgIpc) is 3.52. The number of aromatic nitrogens is 2. The van der Waals surface area contributed by atoms with Crippen LogP contribution in [0.5, 0.6) is 5.75 Å². The largest absolute Gasteiger partial charge is 0.484 e. The van der Waals surface area contributed by atoms with E-state index in [1.54, 1.807) is 36.1 Å². The Bertz CT molecular complexity index is 1070. The molecule has 2 atom stereocenters. The molecule has 1 aliphatic carbocycles. The molecule has 0 spiro atoms. The fourth-order valence-corrected chi connectivity index (χ4v) is 3.55. The van der Waals surface area contributed by atoms with Crippen molar-refractivity contribution in [1.29, 1.82) is 0 Å². The molecule has 7 nitrogen and oxygen atoms in total. The molecule has 0 radical (unpaired) electrons. The van der Waals surface area contributed by atoms with Crippen LogP contribution >= 0.6 is 0 Å². The molecular weight excluding hydrogens is 394 g/mol. The maximum atomic E-state index is 12.6. The summed E-state index contributed by atoms with van der Waals surface area (Å²) in [5, 5.41) is 16.2. The lowest BCUT2D eigenvalue weighted by atomic mass is 10.00. The highest BCUT2D eigenvalue weighted by Gasteiger charge is 2.27. The number of hydrogen-bond donors (Lipinski definition) is 2. The Balaban J connectivity index is 1.56. The molecule has 3 aromatic rings. The SMILES string of the molecule is C[C@H](NC(=O)c1ccn(C)n1)[C@H](Oc1ccc(C(=O)O)cc1)c1ccc(C2CC2)cc1. The van der Waals surface area contributed by atoms with Crippen molar-refractivity contribution in [3.63, 3.8) is 0 Å². The van der Waals surface area contributed by atoms with Crippen LogP contribution in [-0.4, -0.2) is 32.8 Å². The van der Waals surface area contributed by atoms with Gasteiger partial charge >= 0.3 is 5.97 Å². The van der Waals surface area contributed by atoms with E-state index in [1.165, 1.54) is 30.5 Å². The Morgan fingerprint density at radius 3 is 2.32 bits per heavy atom. The van der Waals surface area contributed by atoms with Crippen molar-refractivity contribution in [3.8, 4) is 5.75 Å². The minimum absolute atomic E-state index is 0.189. The lowest BCUT2D eigenvalue weighted by molar-refractivity contribution is 0.0696. The van der Waals surface area contributed by atoms with E-state index in [-0.39, 0.29) is 17.5 Å². The van der Waals surface area contributed by atoms with E-state index in [0.717, 1.165) is 5.56 Å². The van der Waals surface area contributed by atoms with Crippen LogP contribution in [0.1, 0.15) is 63.8 Å². The van der Waals surface area contributed by atoms with Gasteiger partial charge in [-0.25, -0.2) is 4.79 Å². The van der Waals surface area contributed by atoms with E-state index in [2.05, 4.69) is 22.5 Å². The van der Waals surface area contributed by atoms with E-state index >= 15 is 0 Å². The molecule has 0 saturated heterocycles. The van der Waals surface area contributed by atoms with Gasteiger partial charge in [-0.2, -0.15) is 5.10 Å². The first-order valence-electron chi connectivity index (χ1n) is 10.3. The highest BCUT2D eigenvalue weighted by Crippen LogP contribution is 2.40. The van der Waals surface area contributed by atoms with E-state index in [9.17, 15) is 9.59 Å². The number of rotatable bonds is 8. The first-order valence-corrected chi connectivity index (χ1v) is 10.3. The number of hydrogen-bond acceptors (Lipinski definition) is 4. The lowest BCUT2D eigenvalue weighted by Crippen LogP contribution is -2.39. The summed E-state index contributed by atoms with van der Waals surface area (Å²) in [7, 11) is 1.76. The molecule has 1 saturated carbocycles. The highest BCUT2D eigenvalue weighted by molar-refractivity contribution is 5.92. The third-order valence-electron chi connectivity index (χ3n) is 5.44. The number of carboxylic acid groups (broad SMARTS) is 1. The summed E-state index contributed by atoms with van der Waals surface area (Å²) in [6.45, 7) is 1.88. The smallest absolute Gasteiger partial charge is 0.335 e. The number of carboxylic acids is 1. The molecule has 1 aliphatic rings. The molecule has 1 amide bonds. The predicted octanol–water partition coefficient (Wildman–Crippen LogP) is 3.93. The van der Waals surface area contributed by atoms with Gasteiger partial charge in [0.2, 0.25) is 0 Å². The molecule has 1 aromatic heterocycles. The van der Waals surface area contributed by atoms with Crippen molar-refractivity contribution >= 4 is 11.9 Å². The molecule has 0 unspecified atom stereocenters. The Hall–Kier alpha value is -3.61. The molecule has 7 heteroatoms. The molecule has 0 bridgehead atoms. The van der Waals surface area contributed by atoms with Gasteiger partial charge in [-0.05, 0) is 67.1 Å². The number of nitrogens with one attached hydrogen (secondary N) is 1. The summed E-state index contributed by atoms with van der Waals surface area (Å²) in [4.78, 5) is 23.7. The van der Waals surface area contributed by atoms with Crippen LogP contribution in [0.4, 0.5) is 0 Å². The first kappa shape index (κ1) is 20.7. The van der Waals surface area contributed by atoms with E-state index in [4.69, 9.17) is 9.84 Å². The second-order valence-corrected chi connectivity index (χ2v) is 7.95. The summed E-state index contributed by atoms with van der Waals surface area (Å²) >= 11 is 0. The summed E-state index contributed by atoms with van der Waals surface area (Å²) in [5.41, 5.74) is 2.77. The normalized spacial score (nSPS) is 15.2. The monoisotopic (exact) mass is 419 g/mol. The van der Waals surface area contributed by atoms with Crippen molar-refractivity contribution in [1.82, 2.24) is 15.1 Å². The number of carbonyl (C=O) groups is 2. The number of nitrogens with zero attached hydrogens (tertiary/aromatic N) is 2. The maximum Gasteiger partial charge on any atom is 0.335 e. The molecule has 2 aromatic carbocycles. The molecule has 4 rings (SSSR count). The summed E-state index contributed by atoms with van der Waals surface area (Å²) < 4.78 is 7.80. The van der Waals surface area contributed by atoms with Gasteiger partial charge in [0.15, 0.2) is 0 Å².